The van der Waals surface area contributed by atoms with Crippen molar-refractivity contribution < 1.29 is 9.90 Å². The van der Waals surface area contributed by atoms with Crippen molar-refractivity contribution in [2.45, 2.75) is 31.5 Å². The summed E-state index contributed by atoms with van der Waals surface area (Å²) in [6, 6.07) is 7.46. The summed E-state index contributed by atoms with van der Waals surface area (Å²) in [5, 5.41) is 15.3. The third-order valence-electron chi connectivity index (χ3n) is 5.23. The maximum atomic E-state index is 12.8. The summed E-state index contributed by atoms with van der Waals surface area (Å²) in [7, 11) is 2.07. The van der Waals surface area contributed by atoms with Crippen LogP contribution >= 0.6 is 0 Å². The van der Waals surface area contributed by atoms with Crippen LogP contribution in [0.15, 0.2) is 30.5 Å². The van der Waals surface area contributed by atoms with Gasteiger partial charge in [-0.15, -0.1) is 0 Å². The Morgan fingerprint density at radius 3 is 2.72 bits per heavy atom. The van der Waals surface area contributed by atoms with Gasteiger partial charge in [0.1, 0.15) is 5.60 Å². The van der Waals surface area contributed by atoms with Gasteiger partial charge in [-0.2, -0.15) is 5.10 Å². The molecule has 1 N–H and O–H groups in total. The molecule has 0 aliphatic carbocycles. The van der Waals surface area contributed by atoms with Gasteiger partial charge in [-0.25, -0.2) is 0 Å². The molecule has 2 aromatic rings. The lowest BCUT2D eigenvalue weighted by atomic mass is 9.87. The number of nitrogens with zero attached hydrogens (tertiary/aromatic N) is 5. The fourth-order valence-electron chi connectivity index (χ4n) is 3.64. The number of aromatic nitrogens is 3. The molecule has 0 radical (unpaired) electrons. The van der Waals surface area contributed by atoms with Crippen molar-refractivity contribution in [1.29, 1.82) is 0 Å². The third kappa shape index (κ3) is 3.05. The summed E-state index contributed by atoms with van der Waals surface area (Å²) in [5.41, 5.74) is 1.32. The highest BCUT2D eigenvalue weighted by atomic mass is 16.3. The lowest BCUT2D eigenvalue weighted by Crippen LogP contribution is -2.45. The normalized spacial score (nSPS) is 20.3. The number of carbonyl (C=O) groups is 1. The molecule has 132 valence electrons. The van der Waals surface area contributed by atoms with Crippen molar-refractivity contribution in [3.05, 3.63) is 47.5 Å². The van der Waals surface area contributed by atoms with E-state index in [0.29, 0.717) is 37.3 Å². The first-order valence-corrected chi connectivity index (χ1v) is 8.74. The van der Waals surface area contributed by atoms with Crippen LogP contribution in [-0.4, -0.2) is 62.3 Å². The summed E-state index contributed by atoms with van der Waals surface area (Å²) in [4.78, 5) is 21.1. The van der Waals surface area contributed by atoms with Gasteiger partial charge in [-0.3, -0.25) is 19.4 Å². The van der Waals surface area contributed by atoms with Crippen molar-refractivity contribution in [2.24, 2.45) is 0 Å². The van der Waals surface area contributed by atoms with Crippen LogP contribution in [0.1, 0.15) is 34.7 Å². The van der Waals surface area contributed by atoms with Crippen LogP contribution in [0.5, 0.6) is 0 Å². The lowest BCUT2D eigenvalue weighted by molar-refractivity contribution is -0.0245. The molecule has 7 heteroatoms. The molecule has 1 fully saturated rings. The molecule has 7 nitrogen and oxygen atoms in total. The van der Waals surface area contributed by atoms with Crippen LogP contribution in [0.3, 0.4) is 0 Å². The molecule has 4 heterocycles. The number of rotatable bonds is 2. The van der Waals surface area contributed by atoms with E-state index in [-0.39, 0.29) is 5.91 Å². The van der Waals surface area contributed by atoms with Gasteiger partial charge in [0, 0.05) is 32.4 Å². The number of likely N-dealkylation sites (tertiary alicyclic amines) is 1. The highest BCUT2D eigenvalue weighted by molar-refractivity contribution is 5.92. The molecule has 2 aliphatic heterocycles. The van der Waals surface area contributed by atoms with Gasteiger partial charge in [-0.05, 0) is 38.1 Å². The van der Waals surface area contributed by atoms with Crippen LogP contribution in [0, 0.1) is 0 Å². The Morgan fingerprint density at radius 2 is 2.00 bits per heavy atom. The molecule has 0 atom stereocenters. The fourth-order valence-corrected chi connectivity index (χ4v) is 3.64. The second kappa shape index (κ2) is 6.24. The Labute approximate surface area is 146 Å². The molecule has 0 bridgehead atoms. The van der Waals surface area contributed by atoms with Gasteiger partial charge in [0.05, 0.1) is 17.9 Å². The van der Waals surface area contributed by atoms with Crippen molar-refractivity contribution in [2.75, 3.05) is 26.7 Å². The molecule has 0 aromatic carbocycles. The Kier molecular flexibility index (Phi) is 4.05. The zero-order chi connectivity index (χ0) is 17.4. The second-order valence-electron chi connectivity index (χ2n) is 7.02. The van der Waals surface area contributed by atoms with E-state index < -0.39 is 5.60 Å². The first-order chi connectivity index (χ1) is 12.0. The van der Waals surface area contributed by atoms with Gasteiger partial charge in [0.15, 0.2) is 5.69 Å². The van der Waals surface area contributed by atoms with Crippen molar-refractivity contribution in [3.63, 3.8) is 0 Å². The average molecular weight is 341 g/mol. The number of amides is 1. The fraction of sp³-hybridized carbons (Fsp3) is 0.500. The van der Waals surface area contributed by atoms with Crippen LogP contribution < -0.4 is 0 Å². The minimum atomic E-state index is -0.950. The molecule has 2 aliphatic rings. The molecule has 25 heavy (non-hydrogen) atoms. The maximum absolute atomic E-state index is 12.8. The average Bonchev–Trinajstić information content (AvgIpc) is 3.06. The molecule has 2 aromatic heterocycles. The van der Waals surface area contributed by atoms with E-state index in [4.69, 9.17) is 0 Å². The summed E-state index contributed by atoms with van der Waals surface area (Å²) < 4.78 is 1.93. The number of carbonyl (C=O) groups excluding carboxylic acids is 1. The van der Waals surface area contributed by atoms with E-state index in [1.807, 2.05) is 28.9 Å². The summed E-state index contributed by atoms with van der Waals surface area (Å²) in [5.74, 6) is -0.0485. The SMILES string of the molecule is CN1CCn2nc(C(=O)N3CCC(O)(c4ccccn4)CC3)cc2C1. The molecule has 1 saturated heterocycles. The molecular formula is C18H23N5O2. The molecule has 0 saturated carbocycles. The van der Waals surface area contributed by atoms with Crippen LogP contribution in [0.4, 0.5) is 0 Å². The van der Waals surface area contributed by atoms with Crippen molar-refractivity contribution >= 4 is 5.91 Å². The molecule has 1 amide bonds. The van der Waals surface area contributed by atoms with Crippen LogP contribution in [0.25, 0.3) is 0 Å². The van der Waals surface area contributed by atoms with Crippen LogP contribution in [0.2, 0.25) is 0 Å². The zero-order valence-corrected chi connectivity index (χ0v) is 14.4. The number of aliphatic hydroxyl groups is 1. The van der Waals surface area contributed by atoms with E-state index in [0.717, 1.165) is 25.3 Å². The molecular weight excluding hydrogens is 318 g/mol. The summed E-state index contributed by atoms with van der Waals surface area (Å²) in [6.07, 6.45) is 2.68. The van der Waals surface area contributed by atoms with Gasteiger partial charge < -0.3 is 10.0 Å². The minimum Gasteiger partial charge on any atom is -0.383 e. The van der Waals surface area contributed by atoms with Crippen molar-refractivity contribution in [3.8, 4) is 0 Å². The second-order valence-corrected chi connectivity index (χ2v) is 7.02. The number of piperidine rings is 1. The lowest BCUT2D eigenvalue weighted by Gasteiger charge is -2.37. The molecule has 0 unspecified atom stereocenters. The maximum Gasteiger partial charge on any atom is 0.274 e. The van der Waals surface area contributed by atoms with E-state index in [1.165, 1.54) is 0 Å². The Morgan fingerprint density at radius 1 is 1.20 bits per heavy atom. The predicted octanol–water partition coefficient (Wildman–Crippen LogP) is 0.847. The van der Waals surface area contributed by atoms with Gasteiger partial charge in [-0.1, -0.05) is 6.07 Å². The highest BCUT2D eigenvalue weighted by Crippen LogP contribution is 2.31. The Balaban J connectivity index is 1.45. The van der Waals surface area contributed by atoms with Crippen LogP contribution in [-0.2, 0) is 18.7 Å². The van der Waals surface area contributed by atoms with E-state index in [2.05, 4.69) is 22.0 Å². The molecule has 4 rings (SSSR count). The number of fused-ring (bicyclic) bond motifs is 1. The first kappa shape index (κ1) is 16.2. The summed E-state index contributed by atoms with van der Waals surface area (Å²) >= 11 is 0. The highest BCUT2D eigenvalue weighted by Gasteiger charge is 2.37. The summed E-state index contributed by atoms with van der Waals surface area (Å²) in [6.45, 7) is 3.60. The van der Waals surface area contributed by atoms with E-state index in [1.54, 1.807) is 11.1 Å². The largest absolute Gasteiger partial charge is 0.383 e. The standard InChI is InChI=1S/C18H23N5O2/c1-21-10-11-23-14(13-21)12-15(20-23)17(24)22-8-5-18(25,6-9-22)16-4-2-3-7-19-16/h2-4,7,12,25H,5-6,8-11,13H2,1H3. The predicted molar refractivity (Wildman–Crippen MR) is 91.8 cm³/mol. The Hall–Kier alpha value is -2.25. The zero-order valence-electron chi connectivity index (χ0n) is 14.4. The smallest absolute Gasteiger partial charge is 0.274 e. The number of hydrogen-bond acceptors (Lipinski definition) is 5. The minimum absolute atomic E-state index is 0.0485. The van der Waals surface area contributed by atoms with Gasteiger partial charge in [0.2, 0.25) is 0 Å². The third-order valence-corrected chi connectivity index (χ3v) is 5.23. The monoisotopic (exact) mass is 341 g/mol. The van der Waals surface area contributed by atoms with Gasteiger partial charge >= 0.3 is 0 Å². The molecule has 0 spiro atoms. The van der Waals surface area contributed by atoms with Gasteiger partial charge in [0.25, 0.3) is 5.91 Å². The topological polar surface area (TPSA) is 74.5 Å². The number of pyridine rings is 1. The van der Waals surface area contributed by atoms with Crippen molar-refractivity contribution in [1.82, 2.24) is 24.6 Å². The quantitative estimate of drug-likeness (QED) is 0.876. The Bertz CT molecular complexity index is 765. The first-order valence-electron chi connectivity index (χ1n) is 8.74. The number of hydrogen-bond donors (Lipinski definition) is 1. The number of likely N-dealkylation sites (N-methyl/N-ethyl adjacent to an activating group) is 1. The van der Waals surface area contributed by atoms with E-state index >= 15 is 0 Å². The van der Waals surface area contributed by atoms with E-state index in [9.17, 15) is 9.90 Å².